The van der Waals surface area contributed by atoms with Crippen molar-refractivity contribution in [3.63, 3.8) is 0 Å². The van der Waals surface area contributed by atoms with E-state index in [-0.39, 0.29) is 13.1 Å². The number of carbonyl (C=O) groups excluding carboxylic acids is 3. The van der Waals surface area contributed by atoms with Crippen LogP contribution >= 0.6 is 0 Å². The molecule has 4 amide bonds. The molecule has 2 N–H and O–H groups in total. The summed E-state index contributed by atoms with van der Waals surface area (Å²) in [5.41, 5.74) is 6.54. The van der Waals surface area contributed by atoms with Crippen LogP contribution in [0.1, 0.15) is 11.1 Å². The number of hydrogen-bond acceptors (Lipinski definition) is 4. The number of urea groups is 1. The Kier molecular flexibility index (Phi) is 3.30. The second-order valence-electron chi connectivity index (χ2n) is 4.16. The third-order valence-corrected chi connectivity index (χ3v) is 2.97. The first-order valence-electron chi connectivity index (χ1n) is 5.56. The van der Waals surface area contributed by atoms with Gasteiger partial charge in [0.05, 0.1) is 6.54 Å². The number of halogens is 1. The normalized spacial score (nSPS) is 15.6. The van der Waals surface area contributed by atoms with E-state index in [1.54, 1.807) is 0 Å². The molecule has 1 aliphatic heterocycles. The van der Waals surface area contributed by atoms with Gasteiger partial charge in [-0.05, 0) is 23.3 Å². The highest BCUT2D eigenvalue weighted by Crippen LogP contribution is 2.18. The van der Waals surface area contributed by atoms with Crippen LogP contribution in [0.5, 0.6) is 0 Å². The fourth-order valence-electron chi connectivity index (χ4n) is 1.86. The second-order valence-corrected chi connectivity index (χ2v) is 4.16. The lowest BCUT2D eigenvalue weighted by molar-refractivity contribution is -0.143. The number of likely N-dealkylation sites (N-methyl/N-ethyl adjacent to an activating group) is 1. The third kappa shape index (κ3) is 2.19. The molecule has 1 aromatic rings. The molecule has 2 rings (SSSR count). The van der Waals surface area contributed by atoms with E-state index < -0.39 is 23.7 Å². The van der Waals surface area contributed by atoms with Gasteiger partial charge in [-0.15, -0.1) is 0 Å². The monoisotopic (exact) mass is 265 g/mol. The highest BCUT2D eigenvalue weighted by molar-refractivity contribution is 6.44. The standard InChI is InChI=1S/C12H12FN3O3/c1-15-10(17)11(18)16(12(15)19)6-8-4-9(13)3-2-7(8)5-14/h2-4H,5-6,14H2,1H3. The van der Waals surface area contributed by atoms with E-state index >= 15 is 0 Å². The van der Waals surface area contributed by atoms with Crippen molar-refractivity contribution in [3.05, 3.63) is 35.1 Å². The predicted octanol–water partition coefficient (Wildman–Crippen LogP) is 0.205. The van der Waals surface area contributed by atoms with Crippen LogP contribution in [0.4, 0.5) is 9.18 Å². The molecule has 0 unspecified atom stereocenters. The average Bonchev–Trinajstić information content (AvgIpc) is 2.57. The summed E-state index contributed by atoms with van der Waals surface area (Å²) >= 11 is 0. The Balaban J connectivity index is 2.31. The molecule has 0 atom stereocenters. The molecule has 1 aliphatic rings. The largest absolute Gasteiger partial charge is 0.334 e. The van der Waals surface area contributed by atoms with Crippen LogP contribution in [0.2, 0.25) is 0 Å². The van der Waals surface area contributed by atoms with E-state index in [2.05, 4.69) is 0 Å². The number of imide groups is 2. The van der Waals surface area contributed by atoms with Gasteiger partial charge >= 0.3 is 17.8 Å². The van der Waals surface area contributed by atoms with Gasteiger partial charge in [0.15, 0.2) is 0 Å². The van der Waals surface area contributed by atoms with Gasteiger partial charge in [-0.3, -0.25) is 19.4 Å². The fourth-order valence-corrected chi connectivity index (χ4v) is 1.86. The smallest absolute Gasteiger partial charge is 0.326 e. The quantitative estimate of drug-likeness (QED) is 0.625. The molecule has 100 valence electrons. The molecule has 6 nitrogen and oxygen atoms in total. The maximum absolute atomic E-state index is 13.2. The Bertz CT molecular complexity index is 573. The van der Waals surface area contributed by atoms with Gasteiger partial charge in [0, 0.05) is 13.6 Å². The van der Waals surface area contributed by atoms with Crippen molar-refractivity contribution >= 4 is 17.8 Å². The van der Waals surface area contributed by atoms with E-state index in [4.69, 9.17) is 5.73 Å². The number of nitrogens with zero attached hydrogens (tertiary/aromatic N) is 2. The number of hydrogen-bond donors (Lipinski definition) is 1. The summed E-state index contributed by atoms with van der Waals surface area (Å²) in [7, 11) is 1.22. The molecule has 0 spiro atoms. The zero-order chi connectivity index (χ0) is 14.2. The van der Waals surface area contributed by atoms with Crippen LogP contribution < -0.4 is 5.73 Å². The molecule has 0 aliphatic carbocycles. The van der Waals surface area contributed by atoms with Crippen LogP contribution in [0.3, 0.4) is 0 Å². The molecule has 1 aromatic carbocycles. The first kappa shape index (κ1) is 13.2. The Hall–Kier alpha value is -2.28. The second kappa shape index (κ2) is 4.77. The SMILES string of the molecule is CN1C(=O)C(=O)N(Cc2cc(F)ccc2CN)C1=O. The molecule has 1 fully saturated rings. The first-order valence-corrected chi connectivity index (χ1v) is 5.56. The highest BCUT2D eigenvalue weighted by Gasteiger charge is 2.42. The summed E-state index contributed by atoms with van der Waals surface area (Å²) in [4.78, 5) is 36.2. The molecule has 0 bridgehead atoms. The number of benzene rings is 1. The van der Waals surface area contributed by atoms with Crippen LogP contribution in [0.15, 0.2) is 18.2 Å². The van der Waals surface area contributed by atoms with Crippen LogP contribution in [-0.2, 0) is 22.7 Å². The lowest BCUT2D eigenvalue weighted by Crippen LogP contribution is -2.31. The number of rotatable bonds is 3. The maximum atomic E-state index is 13.2. The molecule has 19 heavy (non-hydrogen) atoms. The Morgan fingerprint density at radius 3 is 2.37 bits per heavy atom. The van der Waals surface area contributed by atoms with Gasteiger partial charge in [-0.1, -0.05) is 6.07 Å². The van der Waals surface area contributed by atoms with Crippen molar-refractivity contribution in [2.75, 3.05) is 7.05 Å². The summed E-state index contributed by atoms with van der Waals surface area (Å²) < 4.78 is 13.2. The minimum absolute atomic E-state index is 0.148. The predicted molar refractivity (Wildman–Crippen MR) is 63.0 cm³/mol. The zero-order valence-corrected chi connectivity index (χ0v) is 10.2. The van der Waals surface area contributed by atoms with Gasteiger partial charge in [-0.25, -0.2) is 9.18 Å². The van der Waals surface area contributed by atoms with E-state index in [1.165, 1.54) is 25.2 Å². The molecule has 0 aromatic heterocycles. The van der Waals surface area contributed by atoms with Gasteiger partial charge in [0.2, 0.25) is 0 Å². The summed E-state index contributed by atoms with van der Waals surface area (Å²) in [5.74, 6) is -2.30. The zero-order valence-electron chi connectivity index (χ0n) is 10.2. The summed E-state index contributed by atoms with van der Waals surface area (Å²) in [6, 6.07) is 3.21. The van der Waals surface area contributed by atoms with Crippen molar-refractivity contribution in [1.29, 1.82) is 0 Å². The van der Waals surface area contributed by atoms with Crippen molar-refractivity contribution in [2.24, 2.45) is 5.73 Å². The number of amides is 4. The summed E-state index contributed by atoms with van der Waals surface area (Å²) in [6.07, 6.45) is 0. The van der Waals surface area contributed by atoms with Gasteiger partial charge in [0.1, 0.15) is 5.82 Å². The molecule has 0 saturated carbocycles. The fraction of sp³-hybridized carbons (Fsp3) is 0.250. The van der Waals surface area contributed by atoms with E-state index in [1.807, 2.05) is 0 Å². The first-order chi connectivity index (χ1) is 8.95. The van der Waals surface area contributed by atoms with Gasteiger partial charge in [-0.2, -0.15) is 0 Å². The van der Waals surface area contributed by atoms with Crippen LogP contribution in [-0.4, -0.2) is 34.7 Å². The van der Waals surface area contributed by atoms with Crippen molar-refractivity contribution < 1.29 is 18.8 Å². The van der Waals surface area contributed by atoms with Gasteiger partial charge in [0.25, 0.3) is 0 Å². The van der Waals surface area contributed by atoms with Crippen molar-refractivity contribution in [3.8, 4) is 0 Å². The van der Waals surface area contributed by atoms with E-state index in [0.717, 1.165) is 9.80 Å². The average molecular weight is 265 g/mol. The lowest BCUT2D eigenvalue weighted by atomic mass is 10.1. The van der Waals surface area contributed by atoms with Crippen LogP contribution in [0.25, 0.3) is 0 Å². The summed E-state index contributed by atoms with van der Waals surface area (Å²) in [6.45, 7) is -0.0202. The molecule has 7 heteroatoms. The Morgan fingerprint density at radius 2 is 1.84 bits per heavy atom. The molecule has 1 saturated heterocycles. The summed E-state index contributed by atoms with van der Waals surface area (Å²) in [5, 5.41) is 0. The van der Waals surface area contributed by atoms with Crippen molar-refractivity contribution in [1.82, 2.24) is 9.80 Å². The molecule has 0 radical (unpaired) electrons. The molecular formula is C12H12FN3O3. The van der Waals surface area contributed by atoms with Crippen LogP contribution in [0, 0.1) is 5.82 Å². The third-order valence-electron chi connectivity index (χ3n) is 2.97. The maximum Gasteiger partial charge on any atom is 0.334 e. The minimum Gasteiger partial charge on any atom is -0.326 e. The Morgan fingerprint density at radius 1 is 1.16 bits per heavy atom. The number of nitrogens with two attached hydrogens (primary N) is 1. The Labute approximate surface area is 108 Å². The lowest BCUT2D eigenvalue weighted by Gasteiger charge is -2.15. The van der Waals surface area contributed by atoms with E-state index in [0.29, 0.717) is 11.1 Å². The van der Waals surface area contributed by atoms with Gasteiger partial charge < -0.3 is 5.73 Å². The molecular weight excluding hydrogens is 253 g/mol. The van der Waals surface area contributed by atoms with E-state index in [9.17, 15) is 18.8 Å². The molecule has 1 heterocycles. The topological polar surface area (TPSA) is 83.7 Å². The number of carbonyl (C=O) groups is 3. The minimum atomic E-state index is -0.917. The van der Waals surface area contributed by atoms with Crippen molar-refractivity contribution in [2.45, 2.75) is 13.1 Å². The highest BCUT2D eigenvalue weighted by atomic mass is 19.1.